The number of ether oxygens (including phenoxy) is 1. The first kappa shape index (κ1) is 16.1. The Morgan fingerprint density at radius 2 is 2.04 bits per heavy atom. The van der Waals surface area contributed by atoms with Crippen molar-refractivity contribution in [1.82, 2.24) is 9.99 Å². The summed E-state index contributed by atoms with van der Waals surface area (Å²) in [5, 5.41) is 16.7. The third-order valence-electron chi connectivity index (χ3n) is 4.08. The van der Waals surface area contributed by atoms with Crippen molar-refractivity contribution in [3.63, 3.8) is 0 Å². The number of carbonyl (C=O) groups excluding carboxylic acids is 1. The Morgan fingerprint density at radius 1 is 1.29 bits per heavy atom. The number of nitrogens with zero attached hydrogens (tertiary/aromatic N) is 3. The second kappa shape index (κ2) is 6.41. The Morgan fingerprint density at radius 3 is 2.62 bits per heavy atom. The fourth-order valence-corrected chi connectivity index (χ4v) is 2.71. The number of benzene rings is 1. The number of rotatable bonds is 4. The molecule has 24 heavy (non-hydrogen) atoms. The van der Waals surface area contributed by atoms with Crippen molar-refractivity contribution in [3.05, 3.63) is 59.9 Å². The molecule has 0 spiro atoms. The lowest BCUT2D eigenvalue weighted by atomic mass is 9.96. The van der Waals surface area contributed by atoms with Gasteiger partial charge in [-0.25, -0.2) is 0 Å². The zero-order valence-corrected chi connectivity index (χ0v) is 13.6. The van der Waals surface area contributed by atoms with E-state index in [0.717, 1.165) is 10.7 Å². The molecule has 1 amide bonds. The van der Waals surface area contributed by atoms with Crippen molar-refractivity contribution in [2.75, 3.05) is 7.11 Å². The second-order valence-corrected chi connectivity index (χ2v) is 5.57. The summed E-state index contributed by atoms with van der Waals surface area (Å²) < 4.78 is 5.15. The minimum Gasteiger partial charge on any atom is -0.497 e. The van der Waals surface area contributed by atoms with Crippen LogP contribution in [0.2, 0.25) is 0 Å². The topological polar surface area (TPSA) is 75.0 Å². The van der Waals surface area contributed by atoms with Crippen LogP contribution in [0, 0.1) is 0 Å². The number of hydrogen-bond acceptors (Lipinski definition) is 5. The minimum absolute atomic E-state index is 0.241. The Hall–Kier alpha value is -2.73. The van der Waals surface area contributed by atoms with E-state index in [9.17, 15) is 9.90 Å². The zero-order chi connectivity index (χ0) is 17.2. The fraction of sp³-hybridized carbons (Fsp3) is 0.278. The van der Waals surface area contributed by atoms with Gasteiger partial charge in [0.25, 0.3) is 5.91 Å². The molecule has 0 bridgehead atoms. The molecule has 6 heteroatoms. The highest BCUT2D eigenvalue weighted by Gasteiger charge is 2.46. The summed E-state index contributed by atoms with van der Waals surface area (Å²) in [6.07, 6.45) is 2.47. The van der Waals surface area contributed by atoms with Crippen molar-refractivity contribution in [2.45, 2.75) is 25.5 Å². The molecule has 1 aromatic carbocycles. The van der Waals surface area contributed by atoms with E-state index in [1.165, 1.54) is 0 Å². The number of carbonyl (C=O) groups is 1. The van der Waals surface area contributed by atoms with Crippen molar-refractivity contribution in [1.29, 1.82) is 0 Å². The summed E-state index contributed by atoms with van der Waals surface area (Å²) in [5.41, 5.74) is 0.0644. The molecule has 0 aliphatic carbocycles. The van der Waals surface area contributed by atoms with E-state index in [0.29, 0.717) is 17.7 Å². The molecule has 1 aliphatic rings. The van der Waals surface area contributed by atoms with E-state index in [2.05, 4.69) is 10.1 Å². The van der Waals surface area contributed by atoms with Gasteiger partial charge >= 0.3 is 0 Å². The molecule has 1 N–H and O–H groups in total. The van der Waals surface area contributed by atoms with Gasteiger partial charge in [-0.1, -0.05) is 25.1 Å². The molecular weight excluding hydrogens is 306 g/mol. The van der Waals surface area contributed by atoms with Crippen molar-refractivity contribution < 1.29 is 14.6 Å². The lowest BCUT2D eigenvalue weighted by molar-refractivity contribution is -0.0768. The van der Waals surface area contributed by atoms with Gasteiger partial charge in [0.15, 0.2) is 5.72 Å². The molecule has 1 aliphatic heterocycles. The molecule has 2 aromatic rings. The molecular formula is C18H19N3O3. The molecule has 1 unspecified atom stereocenters. The van der Waals surface area contributed by atoms with E-state index in [4.69, 9.17) is 4.74 Å². The first-order valence-electron chi connectivity index (χ1n) is 7.77. The number of hydrogen-bond donors (Lipinski definition) is 1. The number of aromatic nitrogens is 1. The van der Waals surface area contributed by atoms with Gasteiger partial charge in [-0.2, -0.15) is 10.1 Å². The number of aliphatic hydroxyl groups is 1. The van der Waals surface area contributed by atoms with Crippen LogP contribution in [0.1, 0.15) is 35.8 Å². The summed E-state index contributed by atoms with van der Waals surface area (Å²) in [4.78, 5) is 16.9. The van der Waals surface area contributed by atoms with Crippen LogP contribution in [0.5, 0.6) is 5.75 Å². The Balaban J connectivity index is 2.00. The molecule has 0 saturated carbocycles. The standard InChI is InChI=1S/C18H19N3O3/c1-3-14-12-18(23,13-7-9-15(24-2)10-8-13)21(20-14)17(22)16-6-4-5-11-19-16/h4-11,23H,3,12H2,1-2H3. The highest BCUT2D eigenvalue weighted by atomic mass is 16.5. The second-order valence-electron chi connectivity index (χ2n) is 5.57. The predicted molar refractivity (Wildman–Crippen MR) is 89.6 cm³/mol. The van der Waals surface area contributed by atoms with Gasteiger partial charge < -0.3 is 9.84 Å². The summed E-state index contributed by atoms with van der Waals surface area (Å²) in [7, 11) is 1.58. The Labute approximate surface area is 140 Å². The van der Waals surface area contributed by atoms with Gasteiger partial charge in [-0.15, -0.1) is 0 Å². The lowest BCUT2D eigenvalue weighted by Gasteiger charge is -2.31. The fourth-order valence-electron chi connectivity index (χ4n) is 2.71. The molecule has 1 atom stereocenters. The predicted octanol–water partition coefficient (Wildman–Crippen LogP) is 2.55. The van der Waals surface area contributed by atoms with Crippen molar-refractivity contribution >= 4 is 11.6 Å². The first-order valence-corrected chi connectivity index (χ1v) is 7.77. The van der Waals surface area contributed by atoms with E-state index < -0.39 is 11.6 Å². The SMILES string of the molecule is CCC1=NN(C(=O)c2ccccn2)C(O)(c2ccc(OC)cc2)C1. The maximum absolute atomic E-state index is 12.8. The third-order valence-corrected chi connectivity index (χ3v) is 4.08. The number of amides is 1. The average molecular weight is 325 g/mol. The smallest absolute Gasteiger partial charge is 0.295 e. The maximum atomic E-state index is 12.8. The quantitative estimate of drug-likeness (QED) is 0.937. The summed E-state index contributed by atoms with van der Waals surface area (Å²) >= 11 is 0. The Bertz CT molecular complexity index is 759. The van der Waals surface area contributed by atoms with Crippen molar-refractivity contribution in [3.8, 4) is 5.75 Å². The van der Waals surface area contributed by atoms with Crippen LogP contribution in [0.4, 0.5) is 0 Å². The number of hydrazone groups is 1. The van der Waals surface area contributed by atoms with Gasteiger partial charge in [0, 0.05) is 23.9 Å². The molecule has 1 aromatic heterocycles. The molecule has 3 rings (SSSR count). The minimum atomic E-state index is -1.52. The van der Waals surface area contributed by atoms with Gasteiger partial charge in [0.1, 0.15) is 11.4 Å². The highest BCUT2D eigenvalue weighted by molar-refractivity contribution is 5.97. The van der Waals surface area contributed by atoms with E-state index in [-0.39, 0.29) is 12.1 Å². The molecule has 124 valence electrons. The molecule has 6 nitrogen and oxygen atoms in total. The average Bonchev–Trinajstić information content (AvgIpc) is 3.00. The molecule has 0 saturated heterocycles. The highest BCUT2D eigenvalue weighted by Crippen LogP contribution is 2.37. The van der Waals surface area contributed by atoms with Gasteiger partial charge in [-0.3, -0.25) is 9.78 Å². The summed E-state index contributed by atoms with van der Waals surface area (Å²) in [6, 6.07) is 12.1. The summed E-state index contributed by atoms with van der Waals surface area (Å²) in [6.45, 7) is 1.95. The van der Waals surface area contributed by atoms with Crippen LogP contribution >= 0.6 is 0 Å². The first-order chi connectivity index (χ1) is 11.6. The zero-order valence-electron chi connectivity index (χ0n) is 13.6. The normalized spacial score (nSPS) is 20.0. The van der Waals surface area contributed by atoms with Gasteiger partial charge in [0.2, 0.25) is 0 Å². The number of pyridine rings is 1. The van der Waals surface area contributed by atoms with E-state index >= 15 is 0 Å². The largest absolute Gasteiger partial charge is 0.497 e. The van der Waals surface area contributed by atoms with Crippen LogP contribution in [0.3, 0.4) is 0 Å². The van der Waals surface area contributed by atoms with Crippen LogP contribution < -0.4 is 4.74 Å². The van der Waals surface area contributed by atoms with Gasteiger partial charge in [-0.05, 0) is 30.7 Å². The maximum Gasteiger partial charge on any atom is 0.295 e. The van der Waals surface area contributed by atoms with E-state index in [1.807, 2.05) is 6.92 Å². The third kappa shape index (κ3) is 2.76. The van der Waals surface area contributed by atoms with Crippen LogP contribution in [0.15, 0.2) is 53.8 Å². The van der Waals surface area contributed by atoms with Crippen LogP contribution in [-0.4, -0.2) is 33.8 Å². The Kier molecular flexibility index (Phi) is 4.31. The molecule has 2 heterocycles. The molecule has 0 fully saturated rings. The van der Waals surface area contributed by atoms with Gasteiger partial charge in [0.05, 0.1) is 7.11 Å². The monoisotopic (exact) mass is 325 g/mol. The van der Waals surface area contributed by atoms with Crippen molar-refractivity contribution in [2.24, 2.45) is 5.10 Å². The van der Waals surface area contributed by atoms with E-state index in [1.54, 1.807) is 55.8 Å². The molecule has 0 radical (unpaired) electrons. The van der Waals surface area contributed by atoms with Crippen LogP contribution in [0.25, 0.3) is 0 Å². The lowest BCUT2D eigenvalue weighted by Crippen LogP contribution is -2.43. The number of methoxy groups -OCH3 is 1. The van der Waals surface area contributed by atoms with Crippen LogP contribution in [-0.2, 0) is 5.72 Å². The summed E-state index contributed by atoms with van der Waals surface area (Å²) in [5.74, 6) is 0.247.